The van der Waals surface area contributed by atoms with Gasteiger partial charge < -0.3 is 11.1 Å². The van der Waals surface area contributed by atoms with Crippen molar-refractivity contribution in [2.75, 3.05) is 5.32 Å². The number of rotatable bonds is 4. The van der Waals surface area contributed by atoms with Gasteiger partial charge in [0.1, 0.15) is 5.01 Å². The monoisotopic (exact) mass is 326 g/mol. The molecule has 21 heavy (non-hydrogen) atoms. The Morgan fingerprint density at radius 3 is 2.48 bits per heavy atom. The highest BCUT2D eigenvalue weighted by Crippen LogP contribution is 2.27. The van der Waals surface area contributed by atoms with Gasteiger partial charge in [0, 0.05) is 18.0 Å². The molecule has 0 spiro atoms. The first kappa shape index (κ1) is 17.6. The van der Waals surface area contributed by atoms with Gasteiger partial charge in [-0.15, -0.1) is 22.6 Å². The largest absolute Gasteiger partial charge is 0.327 e. The van der Waals surface area contributed by atoms with Crippen LogP contribution >= 0.6 is 23.7 Å². The van der Waals surface area contributed by atoms with Crippen molar-refractivity contribution >= 4 is 34.8 Å². The Morgan fingerprint density at radius 2 is 1.90 bits per heavy atom. The summed E-state index contributed by atoms with van der Waals surface area (Å²) < 4.78 is 0. The molecule has 1 unspecified atom stereocenters. The maximum atomic E-state index is 11.6. The fraction of sp³-hybridized carbons (Fsp3) is 0.357. The van der Waals surface area contributed by atoms with Crippen LogP contribution in [0.25, 0.3) is 10.6 Å². The molecule has 0 aliphatic heterocycles. The summed E-state index contributed by atoms with van der Waals surface area (Å²) in [6.07, 6.45) is 0.276. The van der Waals surface area contributed by atoms with Crippen molar-refractivity contribution < 1.29 is 4.79 Å². The topological polar surface area (TPSA) is 80.9 Å². The Hall–Kier alpha value is -1.50. The van der Waals surface area contributed by atoms with Crippen molar-refractivity contribution in [2.45, 2.75) is 33.2 Å². The molecule has 1 atom stereocenters. The Morgan fingerprint density at radius 1 is 1.29 bits per heavy atom. The highest BCUT2D eigenvalue weighted by atomic mass is 35.5. The molecule has 5 nitrogen and oxygen atoms in total. The van der Waals surface area contributed by atoms with Crippen LogP contribution in [0.2, 0.25) is 0 Å². The van der Waals surface area contributed by atoms with Gasteiger partial charge in [0.25, 0.3) is 0 Å². The first-order chi connectivity index (χ1) is 9.44. The molecule has 0 bridgehead atoms. The van der Waals surface area contributed by atoms with E-state index in [-0.39, 0.29) is 30.8 Å². The number of carbonyl (C=O) groups excluding carboxylic acids is 1. The Bertz CT molecular complexity index is 607. The fourth-order valence-electron chi connectivity index (χ4n) is 1.95. The number of aryl methyl sites for hydroxylation is 2. The predicted molar refractivity (Wildman–Crippen MR) is 89.0 cm³/mol. The number of amides is 1. The minimum atomic E-state index is -0.165. The van der Waals surface area contributed by atoms with Gasteiger partial charge in [-0.25, -0.2) is 0 Å². The fourth-order valence-corrected chi connectivity index (χ4v) is 2.70. The van der Waals surface area contributed by atoms with E-state index in [9.17, 15) is 4.79 Å². The molecule has 1 aromatic heterocycles. The molecule has 3 N–H and O–H groups in total. The van der Waals surface area contributed by atoms with Crippen LogP contribution < -0.4 is 11.1 Å². The lowest BCUT2D eigenvalue weighted by molar-refractivity contribution is -0.116. The maximum Gasteiger partial charge on any atom is 0.227 e. The Balaban J connectivity index is 0.00000220. The average Bonchev–Trinajstić information content (AvgIpc) is 2.74. The van der Waals surface area contributed by atoms with E-state index in [1.807, 2.05) is 13.8 Å². The number of aromatic nitrogens is 2. The van der Waals surface area contributed by atoms with Crippen molar-refractivity contribution in [2.24, 2.45) is 5.73 Å². The number of anilines is 1. The van der Waals surface area contributed by atoms with Gasteiger partial charge >= 0.3 is 0 Å². The van der Waals surface area contributed by atoms with Gasteiger partial charge in [0.05, 0.1) is 0 Å². The van der Waals surface area contributed by atoms with E-state index in [0.717, 1.165) is 10.6 Å². The molecule has 0 saturated carbocycles. The van der Waals surface area contributed by atoms with Crippen LogP contribution in [-0.2, 0) is 4.79 Å². The quantitative estimate of drug-likeness (QED) is 0.905. The highest BCUT2D eigenvalue weighted by molar-refractivity contribution is 7.18. The van der Waals surface area contributed by atoms with Gasteiger partial charge in [0.15, 0.2) is 0 Å². The van der Waals surface area contributed by atoms with Crippen molar-refractivity contribution in [3.05, 3.63) is 29.3 Å². The molecule has 2 aromatic rings. The normalized spacial score (nSPS) is 11.6. The summed E-state index contributed by atoms with van der Waals surface area (Å²) in [5.41, 5.74) is 8.96. The molecule has 1 aromatic carbocycles. The number of carbonyl (C=O) groups is 1. The highest BCUT2D eigenvalue weighted by Gasteiger charge is 2.11. The van der Waals surface area contributed by atoms with E-state index >= 15 is 0 Å². The SMILES string of the molecule is Cc1cc(C)cc(-c2nnc(NC(=O)CC(C)N)s2)c1.Cl. The summed E-state index contributed by atoms with van der Waals surface area (Å²) in [5, 5.41) is 12.1. The van der Waals surface area contributed by atoms with Crippen LogP contribution in [0.5, 0.6) is 0 Å². The molecule has 0 fully saturated rings. The maximum absolute atomic E-state index is 11.6. The van der Waals surface area contributed by atoms with Crippen molar-refractivity contribution in [1.29, 1.82) is 0 Å². The molecule has 1 heterocycles. The number of benzene rings is 1. The van der Waals surface area contributed by atoms with E-state index in [1.165, 1.54) is 22.5 Å². The smallest absolute Gasteiger partial charge is 0.227 e. The van der Waals surface area contributed by atoms with Crippen molar-refractivity contribution in [1.82, 2.24) is 10.2 Å². The third-order valence-corrected chi connectivity index (χ3v) is 3.54. The van der Waals surface area contributed by atoms with Gasteiger partial charge in [-0.3, -0.25) is 4.79 Å². The number of nitrogens with one attached hydrogen (secondary N) is 1. The summed E-state index contributed by atoms with van der Waals surface area (Å²) >= 11 is 1.36. The molecule has 114 valence electrons. The predicted octanol–water partition coefficient (Wildman–Crippen LogP) is 2.92. The second-order valence-electron chi connectivity index (χ2n) is 5.02. The van der Waals surface area contributed by atoms with E-state index in [1.54, 1.807) is 6.92 Å². The van der Waals surface area contributed by atoms with Crippen LogP contribution in [0.15, 0.2) is 18.2 Å². The molecule has 7 heteroatoms. The zero-order valence-electron chi connectivity index (χ0n) is 12.2. The molecule has 0 aliphatic rings. The minimum absolute atomic E-state index is 0. The van der Waals surface area contributed by atoms with E-state index in [4.69, 9.17) is 5.73 Å². The molecule has 2 rings (SSSR count). The molecular weight excluding hydrogens is 308 g/mol. The number of nitrogens with zero attached hydrogens (tertiary/aromatic N) is 2. The molecule has 1 amide bonds. The van der Waals surface area contributed by atoms with Crippen LogP contribution in [0.1, 0.15) is 24.5 Å². The molecule has 0 aliphatic carbocycles. The van der Waals surface area contributed by atoms with Crippen LogP contribution in [0.4, 0.5) is 5.13 Å². The van der Waals surface area contributed by atoms with Gasteiger partial charge in [-0.2, -0.15) is 0 Å². The van der Waals surface area contributed by atoms with Crippen molar-refractivity contribution in [3.8, 4) is 10.6 Å². The first-order valence-electron chi connectivity index (χ1n) is 6.41. The number of hydrogen-bond acceptors (Lipinski definition) is 5. The summed E-state index contributed by atoms with van der Waals surface area (Å²) in [6.45, 7) is 5.88. The van der Waals surface area contributed by atoms with E-state index in [0.29, 0.717) is 5.13 Å². The number of hydrogen-bond donors (Lipinski definition) is 2. The van der Waals surface area contributed by atoms with Gasteiger partial charge in [0.2, 0.25) is 11.0 Å². The van der Waals surface area contributed by atoms with E-state index in [2.05, 4.69) is 33.7 Å². The standard InChI is InChI=1S/C14H18N4OS.ClH/c1-8-4-9(2)6-11(5-8)13-17-18-14(20-13)16-12(19)7-10(3)15;/h4-6,10H,7,15H2,1-3H3,(H,16,18,19);1H. The van der Waals surface area contributed by atoms with Crippen molar-refractivity contribution in [3.63, 3.8) is 0 Å². The lowest BCUT2D eigenvalue weighted by Gasteiger charge is -2.03. The van der Waals surface area contributed by atoms with Crippen LogP contribution in [0, 0.1) is 13.8 Å². The zero-order chi connectivity index (χ0) is 14.7. The minimum Gasteiger partial charge on any atom is -0.327 e. The Labute approximate surface area is 134 Å². The lowest BCUT2D eigenvalue weighted by atomic mass is 10.1. The number of nitrogens with two attached hydrogens (primary N) is 1. The molecule has 0 saturated heterocycles. The van der Waals surface area contributed by atoms with Crippen LogP contribution in [0.3, 0.4) is 0 Å². The van der Waals surface area contributed by atoms with Gasteiger partial charge in [-0.1, -0.05) is 28.5 Å². The third-order valence-electron chi connectivity index (χ3n) is 2.65. The lowest BCUT2D eigenvalue weighted by Crippen LogP contribution is -2.23. The Kier molecular flexibility index (Phi) is 6.26. The second-order valence-corrected chi connectivity index (χ2v) is 6.00. The summed E-state index contributed by atoms with van der Waals surface area (Å²) in [4.78, 5) is 11.6. The number of halogens is 1. The average molecular weight is 327 g/mol. The molecule has 0 radical (unpaired) electrons. The summed E-state index contributed by atoms with van der Waals surface area (Å²) in [5.74, 6) is -0.136. The van der Waals surface area contributed by atoms with E-state index < -0.39 is 0 Å². The van der Waals surface area contributed by atoms with Gasteiger partial charge in [-0.05, 0) is 32.9 Å². The summed E-state index contributed by atoms with van der Waals surface area (Å²) in [6, 6.07) is 6.06. The first-order valence-corrected chi connectivity index (χ1v) is 7.23. The summed E-state index contributed by atoms with van der Waals surface area (Å²) in [7, 11) is 0. The van der Waals surface area contributed by atoms with Crippen LogP contribution in [-0.4, -0.2) is 22.1 Å². The second kappa shape index (κ2) is 7.49. The molecular formula is C14H19ClN4OS. The third kappa shape index (κ3) is 5.08. The zero-order valence-corrected chi connectivity index (χ0v) is 13.8.